The van der Waals surface area contributed by atoms with Crippen molar-refractivity contribution < 1.29 is 22.3 Å². The van der Waals surface area contributed by atoms with Crippen LogP contribution >= 0.6 is 0 Å². The summed E-state index contributed by atoms with van der Waals surface area (Å²) in [5.41, 5.74) is 1.15. The predicted octanol–water partition coefficient (Wildman–Crippen LogP) is 2.62. The van der Waals surface area contributed by atoms with Crippen LogP contribution in [0.15, 0.2) is 54.6 Å². The molecule has 0 amide bonds. The second kappa shape index (κ2) is 8.73. The summed E-state index contributed by atoms with van der Waals surface area (Å²) in [5, 5.41) is 0. The summed E-state index contributed by atoms with van der Waals surface area (Å²) in [7, 11) is -3.70. The molecule has 2 aromatic carbocycles. The van der Waals surface area contributed by atoms with Crippen LogP contribution in [0.4, 0.5) is 4.39 Å². The van der Waals surface area contributed by atoms with Gasteiger partial charge in [-0.2, -0.15) is 0 Å². The van der Waals surface area contributed by atoms with E-state index in [-0.39, 0.29) is 11.7 Å². The third kappa shape index (κ3) is 5.35. The van der Waals surface area contributed by atoms with E-state index < -0.39 is 27.6 Å². The summed E-state index contributed by atoms with van der Waals surface area (Å²) in [6, 6.07) is 15.1. The Bertz CT molecular complexity index is 813. The largest absolute Gasteiger partial charge is 0.379 e. The summed E-state index contributed by atoms with van der Waals surface area (Å²) in [5.74, 6) is -0.927. The van der Waals surface area contributed by atoms with Gasteiger partial charge in [-0.1, -0.05) is 48.5 Å². The number of hydrogen-bond donors (Lipinski definition) is 1. The first-order chi connectivity index (χ1) is 12.5. The molecular formula is C19H22FNO4S. The van der Waals surface area contributed by atoms with Crippen molar-refractivity contribution in [1.29, 1.82) is 0 Å². The molecule has 2 atom stereocenters. The molecule has 3 rings (SSSR count). The number of sulfonamides is 1. The molecule has 5 nitrogen and oxygen atoms in total. The van der Waals surface area contributed by atoms with E-state index in [4.69, 9.17) is 9.47 Å². The Labute approximate surface area is 153 Å². The molecule has 1 saturated heterocycles. The van der Waals surface area contributed by atoms with Gasteiger partial charge in [0.05, 0.1) is 31.1 Å². The predicted molar refractivity (Wildman–Crippen MR) is 96.4 cm³/mol. The Hall–Kier alpha value is -1.80. The van der Waals surface area contributed by atoms with Gasteiger partial charge < -0.3 is 9.47 Å². The van der Waals surface area contributed by atoms with E-state index in [9.17, 15) is 12.8 Å². The van der Waals surface area contributed by atoms with Gasteiger partial charge in [-0.15, -0.1) is 0 Å². The maximum atomic E-state index is 13.7. The molecule has 0 saturated carbocycles. The number of halogens is 1. The van der Waals surface area contributed by atoms with Crippen molar-refractivity contribution in [2.45, 2.75) is 30.9 Å². The average Bonchev–Trinajstić information content (AvgIpc) is 2.63. The summed E-state index contributed by atoms with van der Waals surface area (Å²) in [6.45, 7) is 1.15. The maximum Gasteiger partial charge on any atom is 0.216 e. The number of ether oxygens (including phenoxy) is 2. The lowest BCUT2D eigenvalue weighted by atomic mass is 10.1. The van der Waals surface area contributed by atoms with Crippen LogP contribution in [-0.2, 0) is 31.9 Å². The lowest BCUT2D eigenvalue weighted by Gasteiger charge is -2.32. The SMILES string of the molecule is O=S(=O)(Cc1ccccc1F)N[C@@H]1CCOC[C@H]1OCc1ccccc1. The minimum atomic E-state index is -3.70. The van der Waals surface area contributed by atoms with E-state index in [0.29, 0.717) is 26.2 Å². The third-order valence-corrected chi connectivity index (χ3v) is 5.60. The standard InChI is InChI=1S/C19H22FNO4S/c20-17-9-5-4-8-16(17)14-26(22,23)21-18-10-11-24-13-19(18)25-12-15-6-2-1-3-7-15/h1-9,18-19,21H,10-14H2/t18-,19-/m1/s1. The fourth-order valence-corrected chi connectivity index (χ4v) is 4.34. The van der Waals surface area contributed by atoms with Crippen molar-refractivity contribution in [2.75, 3.05) is 13.2 Å². The minimum absolute atomic E-state index is 0.147. The fraction of sp³-hybridized carbons (Fsp3) is 0.368. The van der Waals surface area contributed by atoms with E-state index in [0.717, 1.165) is 5.56 Å². The van der Waals surface area contributed by atoms with Gasteiger partial charge >= 0.3 is 0 Å². The van der Waals surface area contributed by atoms with Crippen LogP contribution in [0.25, 0.3) is 0 Å². The molecule has 1 aliphatic heterocycles. The smallest absolute Gasteiger partial charge is 0.216 e. The van der Waals surface area contributed by atoms with Crippen LogP contribution in [0, 0.1) is 5.82 Å². The van der Waals surface area contributed by atoms with Gasteiger partial charge in [0.15, 0.2) is 0 Å². The molecule has 7 heteroatoms. The Morgan fingerprint density at radius 2 is 1.85 bits per heavy atom. The highest BCUT2D eigenvalue weighted by molar-refractivity contribution is 7.88. The molecule has 1 heterocycles. The first kappa shape index (κ1) is 19.0. The topological polar surface area (TPSA) is 64.6 Å². The third-order valence-electron chi connectivity index (χ3n) is 4.25. The first-order valence-corrected chi connectivity index (χ1v) is 10.2. The normalized spacial score (nSPS) is 20.8. The van der Waals surface area contributed by atoms with Crippen LogP contribution < -0.4 is 4.72 Å². The Morgan fingerprint density at radius 3 is 2.62 bits per heavy atom. The minimum Gasteiger partial charge on any atom is -0.379 e. The molecular weight excluding hydrogens is 357 g/mol. The number of nitrogens with one attached hydrogen (secondary N) is 1. The van der Waals surface area contributed by atoms with Gasteiger partial charge in [0, 0.05) is 12.2 Å². The highest BCUT2D eigenvalue weighted by Crippen LogP contribution is 2.17. The Morgan fingerprint density at radius 1 is 1.12 bits per heavy atom. The van der Waals surface area contributed by atoms with Crippen LogP contribution in [0.2, 0.25) is 0 Å². The van der Waals surface area contributed by atoms with Gasteiger partial charge in [0.1, 0.15) is 5.82 Å². The first-order valence-electron chi connectivity index (χ1n) is 8.50. The molecule has 1 fully saturated rings. The molecule has 2 aromatic rings. The van der Waals surface area contributed by atoms with Crippen LogP contribution in [0.1, 0.15) is 17.5 Å². The zero-order chi connectivity index (χ0) is 18.4. The van der Waals surface area contributed by atoms with Crippen molar-refractivity contribution in [3.8, 4) is 0 Å². The second-order valence-electron chi connectivity index (χ2n) is 6.27. The highest BCUT2D eigenvalue weighted by atomic mass is 32.2. The maximum absolute atomic E-state index is 13.7. The zero-order valence-electron chi connectivity index (χ0n) is 14.3. The van der Waals surface area contributed by atoms with Crippen LogP contribution in [0.5, 0.6) is 0 Å². The van der Waals surface area contributed by atoms with E-state index in [2.05, 4.69) is 4.72 Å². The fourth-order valence-electron chi connectivity index (χ4n) is 2.88. The molecule has 0 unspecified atom stereocenters. The number of hydrogen-bond acceptors (Lipinski definition) is 4. The quantitative estimate of drug-likeness (QED) is 0.803. The highest BCUT2D eigenvalue weighted by Gasteiger charge is 2.30. The van der Waals surface area contributed by atoms with Crippen molar-refractivity contribution in [3.63, 3.8) is 0 Å². The molecule has 1 N–H and O–H groups in total. The average molecular weight is 379 g/mol. The van der Waals surface area contributed by atoms with Crippen molar-refractivity contribution in [3.05, 3.63) is 71.5 Å². The van der Waals surface area contributed by atoms with Crippen LogP contribution in [-0.4, -0.2) is 33.8 Å². The zero-order valence-corrected chi connectivity index (χ0v) is 15.1. The van der Waals surface area contributed by atoms with Gasteiger partial charge in [-0.3, -0.25) is 0 Å². The van der Waals surface area contributed by atoms with Crippen molar-refractivity contribution >= 4 is 10.0 Å². The summed E-state index contributed by atoms with van der Waals surface area (Å²) < 4.78 is 52.6. The molecule has 0 radical (unpaired) electrons. The molecule has 0 aliphatic carbocycles. The van der Waals surface area contributed by atoms with Gasteiger partial charge in [-0.25, -0.2) is 17.5 Å². The molecule has 1 aliphatic rings. The monoisotopic (exact) mass is 379 g/mol. The van der Waals surface area contributed by atoms with Gasteiger partial charge in [0.2, 0.25) is 10.0 Å². The summed E-state index contributed by atoms with van der Waals surface area (Å²) >= 11 is 0. The van der Waals surface area contributed by atoms with Crippen molar-refractivity contribution in [2.24, 2.45) is 0 Å². The molecule has 140 valence electrons. The van der Waals surface area contributed by atoms with E-state index in [1.54, 1.807) is 6.07 Å². The molecule has 26 heavy (non-hydrogen) atoms. The summed E-state index contributed by atoms with van der Waals surface area (Å²) in [4.78, 5) is 0. The molecule has 0 bridgehead atoms. The lowest BCUT2D eigenvalue weighted by Crippen LogP contribution is -2.50. The number of rotatable bonds is 7. The van der Waals surface area contributed by atoms with Crippen LogP contribution in [0.3, 0.4) is 0 Å². The second-order valence-corrected chi connectivity index (χ2v) is 8.03. The number of benzene rings is 2. The lowest BCUT2D eigenvalue weighted by molar-refractivity contribution is -0.0711. The molecule has 0 spiro atoms. The van der Waals surface area contributed by atoms with E-state index in [1.807, 2.05) is 30.3 Å². The Kier molecular flexibility index (Phi) is 6.37. The van der Waals surface area contributed by atoms with E-state index in [1.165, 1.54) is 18.2 Å². The van der Waals surface area contributed by atoms with Crippen molar-refractivity contribution in [1.82, 2.24) is 4.72 Å². The van der Waals surface area contributed by atoms with E-state index >= 15 is 0 Å². The summed E-state index contributed by atoms with van der Waals surface area (Å²) in [6.07, 6.45) is 0.120. The van der Waals surface area contributed by atoms with Gasteiger partial charge in [0.25, 0.3) is 0 Å². The Balaban J connectivity index is 1.62. The molecule has 0 aromatic heterocycles. The van der Waals surface area contributed by atoms with Gasteiger partial charge in [-0.05, 0) is 18.1 Å².